The van der Waals surface area contributed by atoms with Crippen LogP contribution in [0.15, 0.2) is 53.8 Å². The van der Waals surface area contributed by atoms with E-state index in [2.05, 4.69) is 44.2 Å². The molecular weight excluding hydrogens is 334 g/mol. The van der Waals surface area contributed by atoms with E-state index in [4.69, 9.17) is 11.6 Å². The Labute approximate surface area is 152 Å². The molecule has 0 fully saturated rings. The predicted octanol–water partition coefficient (Wildman–Crippen LogP) is 3.20. The first kappa shape index (κ1) is 17.3. The summed E-state index contributed by atoms with van der Waals surface area (Å²) >= 11 is 6.18. The normalized spacial score (nSPS) is 11.7. The van der Waals surface area contributed by atoms with Gasteiger partial charge >= 0.3 is 0 Å². The number of imidazole rings is 1. The van der Waals surface area contributed by atoms with Gasteiger partial charge in [-0.05, 0) is 30.2 Å². The van der Waals surface area contributed by atoms with E-state index in [0.29, 0.717) is 6.54 Å². The Bertz CT molecular complexity index is 884. The molecular formula is C19H22ClN5. The molecule has 3 aromatic rings. The van der Waals surface area contributed by atoms with E-state index in [1.807, 2.05) is 36.5 Å². The van der Waals surface area contributed by atoms with E-state index >= 15 is 0 Å². The van der Waals surface area contributed by atoms with Gasteiger partial charge in [0, 0.05) is 44.0 Å². The fourth-order valence-electron chi connectivity index (χ4n) is 2.68. The highest BCUT2D eigenvalue weighted by Gasteiger charge is 2.05. The molecule has 0 radical (unpaired) electrons. The zero-order valence-corrected chi connectivity index (χ0v) is 15.2. The first-order valence-electron chi connectivity index (χ1n) is 8.28. The minimum atomic E-state index is 0.632. The number of benzene rings is 1. The molecule has 0 saturated carbocycles. The second kappa shape index (κ2) is 8.03. The molecule has 3 rings (SSSR count). The number of aryl methyl sites for hydroxylation is 1. The molecule has 130 valence electrons. The van der Waals surface area contributed by atoms with Gasteiger partial charge in [0.2, 0.25) is 0 Å². The zero-order chi connectivity index (χ0) is 17.6. The predicted molar refractivity (Wildman–Crippen MR) is 103 cm³/mol. The van der Waals surface area contributed by atoms with E-state index in [1.165, 1.54) is 5.56 Å². The lowest BCUT2D eigenvalue weighted by molar-refractivity contribution is 0.787. The molecule has 0 atom stereocenters. The van der Waals surface area contributed by atoms with Gasteiger partial charge in [-0.25, -0.2) is 4.98 Å². The summed E-state index contributed by atoms with van der Waals surface area (Å²) in [6, 6.07) is 11.9. The van der Waals surface area contributed by atoms with E-state index in [9.17, 15) is 0 Å². The molecule has 0 saturated heterocycles. The molecule has 2 N–H and O–H groups in total. The Balaban J connectivity index is 1.52. The van der Waals surface area contributed by atoms with Crippen molar-refractivity contribution in [3.05, 3.63) is 70.6 Å². The Kier molecular flexibility index (Phi) is 5.56. The van der Waals surface area contributed by atoms with Crippen LogP contribution >= 0.6 is 11.6 Å². The molecule has 2 aromatic heterocycles. The number of hydrogen-bond donors (Lipinski definition) is 2. The molecule has 0 aliphatic rings. The van der Waals surface area contributed by atoms with E-state index < -0.39 is 0 Å². The highest BCUT2D eigenvalue weighted by molar-refractivity contribution is 6.31. The third-order valence-corrected chi connectivity index (χ3v) is 4.40. The van der Waals surface area contributed by atoms with Gasteiger partial charge in [0.1, 0.15) is 5.65 Å². The summed E-state index contributed by atoms with van der Waals surface area (Å²) in [6.07, 6.45) is 4.92. The van der Waals surface area contributed by atoms with Gasteiger partial charge < -0.3 is 15.0 Å². The Hall–Kier alpha value is -2.53. The summed E-state index contributed by atoms with van der Waals surface area (Å²) in [4.78, 5) is 8.93. The Morgan fingerprint density at radius 3 is 2.80 bits per heavy atom. The molecule has 6 heteroatoms. The summed E-state index contributed by atoms with van der Waals surface area (Å²) in [5, 5.41) is 7.35. The molecule has 0 spiro atoms. The molecule has 0 bridgehead atoms. The van der Waals surface area contributed by atoms with Crippen LogP contribution in [0.1, 0.15) is 16.8 Å². The van der Waals surface area contributed by atoms with E-state index in [-0.39, 0.29) is 0 Å². The van der Waals surface area contributed by atoms with Crippen molar-refractivity contribution in [2.45, 2.75) is 19.9 Å². The number of rotatable bonds is 5. The number of nitrogens with zero attached hydrogens (tertiary/aromatic N) is 3. The van der Waals surface area contributed by atoms with Crippen LogP contribution in [-0.2, 0) is 13.0 Å². The van der Waals surface area contributed by atoms with Gasteiger partial charge in [0.15, 0.2) is 5.96 Å². The number of pyridine rings is 1. The van der Waals surface area contributed by atoms with Gasteiger partial charge in [0.25, 0.3) is 0 Å². The van der Waals surface area contributed by atoms with Gasteiger partial charge in [0.05, 0.1) is 5.69 Å². The second-order valence-corrected chi connectivity index (χ2v) is 6.26. The van der Waals surface area contributed by atoms with Crippen molar-refractivity contribution in [3.8, 4) is 0 Å². The standard InChI is InChI=1S/C19H22ClN5/c1-14-6-5-11-25-13-16(24-18(14)25)9-10-22-19(21-2)23-12-15-7-3-4-8-17(15)20/h3-8,11,13H,9-10,12H2,1-2H3,(H2,21,22,23). The quantitative estimate of drug-likeness (QED) is 0.546. The van der Waals surface area contributed by atoms with Crippen LogP contribution < -0.4 is 10.6 Å². The third-order valence-electron chi connectivity index (χ3n) is 4.03. The molecule has 0 amide bonds. The minimum Gasteiger partial charge on any atom is -0.356 e. The SMILES string of the molecule is CN=C(NCCc1cn2cccc(C)c2n1)NCc1ccccc1Cl. The summed E-state index contributed by atoms with van der Waals surface area (Å²) in [5.41, 5.74) is 4.30. The van der Waals surface area contributed by atoms with Crippen LogP contribution in [0, 0.1) is 6.92 Å². The van der Waals surface area contributed by atoms with E-state index in [1.54, 1.807) is 7.05 Å². The lowest BCUT2D eigenvalue weighted by Crippen LogP contribution is -2.37. The van der Waals surface area contributed by atoms with Crippen LogP contribution in [0.2, 0.25) is 5.02 Å². The monoisotopic (exact) mass is 355 g/mol. The summed E-state index contributed by atoms with van der Waals surface area (Å²) in [6.45, 7) is 3.46. The first-order chi connectivity index (χ1) is 12.2. The van der Waals surface area contributed by atoms with Gasteiger partial charge in [-0.15, -0.1) is 0 Å². The smallest absolute Gasteiger partial charge is 0.191 e. The lowest BCUT2D eigenvalue weighted by Gasteiger charge is -2.12. The second-order valence-electron chi connectivity index (χ2n) is 5.85. The average Bonchev–Trinajstić information content (AvgIpc) is 3.03. The minimum absolute atomic E-state index is 0.632. The number of guanidine groups is 1. The van der Waals surface area contributed by atoms with Crippen molar-refractivity contribution in [2.24, 2.45) is 4.99 Å². The van der Waals surface area contributed by atoms with Crippen molar-refractivity contribution in [3.63, 3.8) is 0 Å². The molecule has 0 aliphatic heterocycles. The Morgan fingerprint density at radius 1 is 1.20 bits per heavy atom. The van der Waals surface area contributed by atoms with Crippen molar-refractivity contribution < 1.29 is 0 Å². The molecule has 25 heavy (non-hydrogen) atoms. The van der Waals surface area contributed by atoms with Crippen molar-refractivity contribution in [1.82, 2.24) is 20.0 Å². The number of fused-ring (bicyclic) bond motifs is 1. The number of aliphatic imine (C=N–C) groups is 1. The number of nitrogens with one attached hydrogen (secondary N) is 2. The fourth-order valence-corrected chi connectivity index (χ4v) is 2.88. The summed E-state index contributed by atoms with van der Waals surface area (Å²) in [5.74, 6) is 0.750. The molecule has 5 nitrogen and oxygen atoms in total. The molecule has 0 aliphatic carbocycles. The largest absolute Gasteiger partial charge is 0.356 e. The van der Waals surface area contributed by atoms with Gasteiger partial charge in [-0.3, -0.25) is 4.99 Å². The number of hydrogen-bond acceptors (Lipinski definition) is 2. The van der Waals surface area contributed by atoms with Crippen LogP contribution in [0.4, 0.5) is 0 Å². The number of halogens is 1. The molecule has 0 unspecified atom stereocenters. The highest BCUT2D eigenvalue weighted by Crippen LogP contribution is 2.14. The summed E-state index contributed by atoms with van der Waals surface area (Å²) in [7, 11) is 1.76. The van der Waals surface area contributed by atoms with Crippen molar-refractivity contribution >= 4 is 23.2 Å². The Morgan fingerprint density at radius 2 is 2.04 bits per heavy atom. The van der Waals surface area contributed by atoms with Crippen LogP contribution in [-0.4, -0.2) is 28.9 Å². The third kappa shape index (κ3) is 4.31. The fraction of sp³-hybridized carbons (Fsp3) is 0.263. The van der Waals surface area contributed by atoms with Crippen LogP contribution in [0.5, 0.6) is 0 Å². The van der Waals surface area contributed by atoms with Crippen molar-refractivity contribution in [2.75, 3.05) is 13.6 Å². The summed E-state index contributed by atoms with van der Waals surface area (Å²) < 4.78 is 2.06. The highest BCUT2D eigenvalue weighted by atomic mass is 35.5. The van der Waals surface area contributed by atoms with Crippen LogP contribution in [0.25, 0.3) is 5.65 Å². The van der Waals surface area contributed by atoms with Gasteiger partial charge in [-0.1, -0.05) is 35.9 Å². The van der Waals surface area contributed by atoms with Crippen molar-refractivity contribution in [1.29, 1.82) is 0 Å². The topological polar surface area (TPSA) is 53.7 Å². The molecule has 2 heterocycles. The first-order valence-corrected chi connectivity index (χ1v) is 8.66. The lowest BCUT2D eigenvalue weighted by atomic mass is 10.2. The van der Waals surface area contributed by atoms with Crippen LogP contribution in [0.3, 0.4) is 0 Å². The molecule has 1 aromatic carbocycles. The van der Waals surface area contributed by atoms with Gasteiger partial charge in [-0.2, -0.15) is 0 Å². The zero-order valence-electron chi connectivity index (χ0n) is 14.5. The maximum atomic E-state index is 6.18. The number of aromatic nitrogens is 2. The average molecular weight is 356 g/mol. The van der Waals surface area contributed by atoms with E-state index in [0.717, 1.165) is 40.9 Å². The maximum Gasteiger partial charge on any atom is 0.191 e. The maximum absolute atomic E-state index is 6.18.